The van der Waals surface area contributed by atoms with Crippen molar-refractivity contribution in [3.05, 3.63) is 41.7 Å². The maximum atomic E-state index is 13.6. The quantitative estimate of drug-likeness (QED) is 0.794. The average molecular weight is 263 g/mol. The molecule has 2 rings (SSSR count). The molecule has 5 nitrogen and oxygen atoms in total. The van der Waals surface area contributed by atoms with Crippen LogP contribution in [0.5, 0.6) is 5.75 Å². The first-order valence-electron chi connectivity index (χ1n) is 5.82. The number of nitrogens with zero attached hydrogens (tertiary/aromatic N) is 3. The lowest BCUT2D eigenvalue weighted by atomic mass is 10.1. The number of ketones is 1. The average Bonchev–Trinajstić information content (AvgIpc) is 2.87. The van der Waals surface area contributed by atoms with Gasteiger partial charge in [0.2, 0.25) is 5.78 Å². The van der Waals surface area contributed by atoms with Gasteiger partial charge in [-0.3, -0.25) is 4.79 Å². The molecule has 1 aromatic heterocycles. The second kappa shape index (κ2) is 5.17. The molecule has 19 heavy (non-hydrogen) atoms. The molecule has 0 unspecified atom stereocenters. The highest BCUT2D eigenvalue weighted by Crippen LogP contribution is 2.19. The van der Waals surface area contributed by atoms with Crippen LogP contribution in [0.2, 0.25) is 0 Å². The van der Waals surface area contributed by atoms with Crippen LogP contribution in [0.25, 0.3) is 0 Å². The van der Waals surface area contributed by atoms with E-state index in [1.807, 2.05) is 13.8 Å². The van der Waals surface area contributed by atoms with Gasteiger partial charge in [0.15, 0.2) is 17.4 Å². The molecule has 100 valence electrons. The molecule has 0 saturated carbocycles. The lowest BCUT2D eigenvalue weighted by Gasteiger charge is -2.09. The zero-order chi connectivity index (χ0) is 14.0. The molecule has 0 atom stereocenters. The van der Waals surface area contributed by atoms with Crippen molar-refractivity contribution in [1.82, 2.24) is 14.8 Å². The molecule has 0 amide bonds. The topological polar surface area (TPSA) is 57.0 Å². The van der Waals surface area contributed by atoms with Gasteiger partial charge in [-0.25, -0.2) is 14.1 Å². The minimum atomic E-state index is -0.580. The zero-order valence-electron chi connectivity index (χ0n) is 10.9. The molecule has 0 bridgehead atoms. The summed E-state index contributed by atoms with van der Waals surface area (Å²) in [6.45, 7) is 3.78. The molecule has 0 aliphatic carbocycles. The molecule has 0 aliphatic heterocycles. The Hall–Kier alpha value is -2.24. The number of carbonyl (C=O) groups excluding carboxylic acids is 1. The number of hydrogen-bond donors (Lipinski definition) is 0. The molecule has 0 N–H and O–H groups in total. The lowest BCUT2D eigenvalue weighted by molar-refractivity contribution is 0.102. The van der Waals surface area contributed by atoms with E-state index in [1.54, 1.807) is 0 Å². The van der Waals surface area contributed by atoms with E-state index >= 15 is 0 Å². The summed E-state index contributed by atoms with van der Waals surface area (Å²) in [4.78, 5) is 16.2. The van der Waals surface area contributed by atoms with Gasteiger partial charge in [-0.1, -0.05) is 0 Å². The van der Waals surface area contributed by atoms with Crippen LogP contribution < -0.4 is 4.74 Å². The van der Waals surface area contributed by atoms with Gasteiger partial charge < -0.3 is 4.74 Å². The monoisotopic (exact) mass is 263 g/mol. The van der Waals surface area contributed by atoms with Crippen LogP contribution in [0, 0.1) is 5.82 Å². The minimum absolute atomic E-state index is 0.00421. The fourth-order valence-corrected chi connectivity index (χ4v) is 1.73. The van der Waals surface area contributed by atoms with Crippen LogP contribution in [0.15, 0.2) is 24.5 Å². The summed E-state index contributed by atoms with van der Waals surface area (Å²) in [5, 5.41) is 3.98. The van der Waals surface area contributed by atoms with E-state index < -0.39 is 5.82 Å². The maximum absolute atomic E-state index is 13.6. The molecule has 2 aromatic rings. The molecule has 6 heteroatoms. The van der Waals surface area contributed by atoms with Crippen LogP contribution in [-0.2, 0) is 0 Å². The number of halogens is 1. The standard InChI is InChI=1S/C13H14FN3O2/c1-8(2)17-13(15-7-16-17)12(18)9-4-5-11(19-3)10(14)6-9/h4-8H,1-3H3. The van der Waals surface area contributed by atoms with Crippen molar-refractivity contribution in [1.29, 1.82) is 0 Å². The SMILES string of the molecule is COc1ccc(C(=O)c2ncnn2C(C)C)cc1F. The summed E-state index contributed by atoms with van der Waals surface area (Å²) >= 11 is 0. The molecule has 0 spiro atoms. The number of carbonyl (C=O) groups is 1. The number of hydrogen-bond acceptors (Lipinski definition) is 4. The van der Waals surface area contributed by atoms with Gasteiger partial charge in [0.25, 0.3) is 0 Å². The van der Waals surface area contributed by atoms with Gasteiger partial charge in [0.1, 0.15) is 6.33 Å². The maximum Gasteiger partial charge on any atom is 0.230 e. The number of methoxy groups -OCH3 is 1. The summed E-state index contributed by atoms with van der Waals surface area (Å²) in [5.41, 5.74) is 0.216. The molecule has 0 saturated heterocycles. The summed E-state index contributed by atoms with van der Waals surface area (Å²) in [5.74, 6) is -0.654. The van der Waals surface area contributed by atoms with Crippen molar-refractivity contribution in [3.8, 4) is 5.75 Å². The van der Waals surface area contributed by atoms with E-state index in [-0.39, 0.29) is 29.0 Å². The van der Waals surface area contributed by atoms with Crippen LogP contribution in [0.1, 0.15) is 36.1 Å². The zero-order valence-corrected chi connectivity index (χ0v) is 10.9. The van der Waals surface area contributed by atoms with Crippen molar-refractivity contribution in [2.75, 3.05) is 7.11 Å². The molecular formula is C13H14FN3O2. The van der Waals surface area contributed by atoms with Gasteiger partial charge in [-0.05, 0) is 32.0 Å². The highest BCUT2D eigenvalue weighted by molar-refractivity contribution is 6.06. The highest BCUT2D eigenvalue weighted by Gasteiger charge is 2.19. The Morgan fingerprint density at radius 1 is 1.42 bits per heavy atom. The molecule has 0 fully saturated rings. The van der Waals surface area contributed by atoms with Gasteiger partial charge in [-0.15, -0.1) is 0 Å². The second-order valence-corrected chi connectivity index (χ2v) is 4.30. The molecule has 0 radical (unpaired) electrons. The number of ether oxygens (including phenoxy) is 1. The first kappa shape index (κ1) is 13.2. The second-order valence-electron chi connectivity index (χ2n) is 4.30. The van der Waals surface area contributed by atoms with Gasteiger partial charge in [0.05, 0.1) is 7.11 Å². The predicted molar refractivity (Wildman–Crippen MR) is 66.8 cm³/mol. The van der Waals surface area contributed by atoms with Crippen LogP contribution in [0.4, 0.5) is 4.39 Å². The Labute approximate surface area is 110 Å². The molecule has 1 aromatic carbocycles. The first-order valence-corrected chi connectivity index (χ1v) is 5.82. The van der Waals surface area contributed by atoms with Crippen molar-refractivity contribution >= 4 is 5.78 Å². The van der Waals surface area contributed by atoms with Crippen molar-refractivity contribution < 1.29 is 13.9 Å². The Morgan fingerprint density at radius 3 is 2.74 bits per heavy atom. The third-order valence-corrected chi connectivity index (χ3v) is 2.68. The number of aromatic nitrogens is 3. The first-order chi connectivity index (χ1) is 9.04. The van der Waals surface area contributed by atoms with Crippen molar-refractivity contribution in [2.24, 2.45) is 0 Å². The van der Waals surface area contributed by atoms with E-state index in [4.69, 9.17) is 4.74 Å². The summed E-state index contributed by atoms with van der Waals surface area (Å²) in [7, 11) is 1.37. The molecule has 0 aliphatic rings. The van der Waals surface area contributed by atoms with Crippen molar-refractivity contribution in [3.63, 3.8) is 0 Å². The highest BCUT2D eigenvalue weighted by atomic mass is 19.1. The third-order valence-electron chi connectivity index (χ3n) is 2.68. The third kappa shape index (κ3) is 2.47. The Bertz CT molecular complexity index is 608. The van der Waals surface area contributed by atoms with E-state index in [0.29, 0.717) is 0 Å². The normalized spacial score (nSPS) is 10.8. The Kier molecular flexibility index (Phi) is 3.59. The Balaban J connectivity index is 2.39. The van der Waals surface area contributed by atoms with Crippen LogP contribution >= 0.6 is 0 Å². The van der Waals surface area contributed by atoms with E-state index in [9.17, 15) is 9.18 Å². The van der Waals surface area contributed by atoms with Gasteiger partial charge in [0, 0.05) is 11.6 Å². The van der Waals surface area contributed by atoms with E-state index in [2.05, 4.69) is 10.1 Å². The summed E-state index contributed by atoms with van der Waals surface area (Å²) in [6, 6.07) is 4.06. The number of rotatable bonds is 4. The number of benzene rings is 1. The predicted octanol–water partition coefficient (Wildman–Crippen LogP) is 2.24. The largest absolute Gasteiger partial charge is 0.494 e. The molecular weight excluding hydrogens is 249 g/mol. The van der Waals surface area contributed by atoms with E-state index in [1.165, 1.54) is 30.3 Å². The van der Waals surface area contributed by atoms with E-state index in [0.717, 1.165) is 6.07 Å². The summed E-state index contributed by atoms with van der Waals surface area (Å²) in [6.07, 6.45) is 1.31. The Morgan fingerprint density at radius 2 is 2.16 bits per heavy atom. The van der Waals surface area contributed by atoms with Gasteiger partial charge >= 0.3 is 0 Å². The fourth-order valence-electron chi connectivity index (χ4n) is 1.73. The minimum Gasteiger partial charge on any atom is -0.494 e. The van der Waals surface area contributed by atoms with Crippen LogP contribution in [0.3, 0.4) is 0 Å². The van der Waals surface area contributed by atoms with Crippen molar-refractivity contribution in [2.45, 2.75) is 19.9 Å². The fraction of sp³-hybridized carbons (Fsp3) is 0.308. The van der Waals surface area contributed by atoms with Gasteiger partial charge in [-0.2, -0.15) is 5.10 Å². The smallest absolute Gasteiger partial charge is 0.230 e. The summed E-state index contributed by atoms with van der Waals surface area (Å²) < 4.78 is 19.9. The molecule has 1 heterocycles. The van der Waals surface area contributed by atoms with Crippen LogP contribution in [-0.4, -0.2) is 27.7 Å². The lowest BCUT2D eigenvalue weighted by Crippen LogP contribution is -2.14.